The molecule has 1 aromatic rings. The Morgan fingerprint density at radius 1 is 1.21 bits per heavy atom. The number of aryl methyl sites for hydroxylation is 1. The van der Waals surface area contributed by atoms with E-state index in [1.165, 1.54) is 19.1 Å². The number of rotatable bonds is 2. The smallest absolute Gasteiger partial charge is 0.387 e. The fourth-order valence-electron chi connectivity index (χ4n) is 0.807. The molecule has 0 aliphatic heterocycles. The van der Waals surface area contributed by atoms with Gasteiger partial charge < -0.3 is 4.74 Å². The summed E-state index contributed by atoms with van der Waals surface area (Å²) in [7, 11) is 0. The molecule has 0 saturated carbocycles. The van der Waals surface area contributed by atoms with E-state index in [9.17, 15) is 13.2 Å². The molecule has 0 amide bonds. The maximum absolute atomic E-state index is 12.9. The van der Waals surface area contributed by atoms with Gasteiger partial charge >= 0.3 is 6.61 Å². The molecule has 0 spiro atoms. The van der Waals surface area contributed by atoms with Crippen molar-refractivity contribution >= 4 is 0 Å². The summed E-state index contributed by atoms with van der Waals surface area (Å²) < 4.78 is 40.1. The Bertz CT molecular complexity index is 274. The molecule has 0 radical (unpaired) electrons. The fraction of sp³-hybridized carbons (Fsp3) is 0.400. The molecule has 0 atom stereocenters. The predicted molar refractivity (Wildman–Crippen MR) is 49.1 cm³/mol. The zero-order valence-corrected chi connectivity index (χ0v) is 8.35. The van der Waals surface area contributed by atoms with Crippen LogP contribution in [0.2, 0.25) is 0 Å². The number of hydrogen-bond donors (Lipinski definition) is 0. The number of halogens is 3. The van der Waals surface area contributed by atoms with Gasteiger partial charge in [-0.2, -0.15) is 8.78 Å². The molecule has 0 aliphatic rings. The molecular weight excluding hydrogens is 193 g/mol. The highest BCUT2D eigenvalue weighted by Gasteiger charge is 2.10. The van der Waals surface area contributed by atoms with Gasteiger partial charge in [0.05, 0.1) is 0 Å². The highest BCUT2D eigenvalue weighted by atomic mass is 19.3. The first-order valence-electron chi connectivity index (χ1n) is 4.31. The molecule has 1 rings (SSSR count). The van der Waals surface area contributed by atoms with E-state index in [4.69, 9.17) is 0 Å². The highest BCUT2D eigenvalue weighted by molar-refractivity contribution is 5.29. The summed E-state index contributed by atoms with van der Waals surface area (Å²) in [6.07, 6.45) is 0. The lowest BCUT2D eigenvalue weighted by molar-refractivity contribution is -0.0522. The molecule has 0 unspecified atom stereocenters. The van der Waals surface area contributed by atoms with Crippen LogP contribution in [-0.4, -0.2) is 6.61 Å². The van der Waals surface area contributed by atoms with Gasteiger partial charge in [0.15, 0.2) is 11.6 Å². The molecule has 0 bridgehead atoms. The van der Waals surface area contributed by atoms with Crippen molar-refractivity contribution in [2.24, 2.45) is 0 Å². The van der Waals surface area contributed by atoms with Gasteiger partial charge in [-0.1, -0.05) is 26.0 Å². The summed E-state index contributed by atoms with van der Waals surface area (Å²) in [6, 6.07) is 4.10. The maximum atomic E-state index is 12.9. The molecule has 0 heterocycles. The molecule has 0 saturated heterocycles. The number of ether oxygens (including phenoxy) is 1. The summed E-state index contributed by atoms with van der Waals surface area (Å²) >= 11 is 0. The first-order chi connectivity index (χ1) is 6.61. The predicted octanol–water partition coefficient (Wildman–Crippen LogP) is 3.76. The van der Waals surface area contributed by atoms with E-state index in [-0.39, 0.29) is 5.56 Å². The van der Waals surface area contributed by atoms with Crippen LogP contribution in [0.15, 0.2) is 18.2 Å². The van der Waals surface area contributed by atoms with Crippen LogP contribution in [0.25, 0.3) is 0 Å². The van der Waals surface area contributed by atoms with E-state index < -0.39 is 18.2 Å². The van der Waals surface area contributed by atoms with E-state index in [2.05, 4.69) is 4.74 Å². The van der Waals surface area contributed by atoms with Gasteiger partial charge in [-0.3, -0.25) is 0 Å². The van der Waals surface area contributed by atoms with Crippen molar-refractivity contribution in [3.63, 3.8) is 0 Å². The SMILES string of the molecule is CC.Cc1cccc(OC(F)F)c1F. The molecule has 14 heavy (non-hydrogen) atoms. The Kier molecular flexibility index (Phi) is 5.76. The van der Waals surface area contributed by atoms with Crippen LogP contribution in [0.1, 0.15) is 19.4 Å². The monoisotopic (exact) mass is 206 g/mol. The third kappa shape index (κ3) is 3.68. The van der Waals surface area contributed by atoms with Crippen LogP contribution in [0.4, 0.5) is 13.2 Å². The third-order valence-electron chi connectivity index (χ3n) is 1.37. The summed E-state index contributed by atoms with van der Waals surface area (Å²) in [6.45, 7) is 2.49. The molecule has 0 fully saturated rings. The number of hydrogen-bond acceptors (Lipinski definition) is 1. The van der Waals surface area contributed by atoms with Gasteiger partial charge in [-0.05, 0) is 18.6 Å². The second kappa shape index (κ2) is 6.29. The highest BCUT2D eigenvalue weighted by Crippen LogP contribution is 2.21. The molecule has 1 aromatic carbocycles. The van der Waals surface area contributed by atoms with Gasteiger partial charge in [0, 0.05) is 0 Å². The Labute approximate surface area is 81.5 Å². The molecule has 0 N–H and O–H groups in total. The lowest BCUT2D eigenvalue weighted by Crippen LogP contribution is -2.04. The Morgan fingerprint density at radius 3 is 2.29 bits per heavy atom. The van der Waals surface area contributed by atoms with Crippen molar-refractivity contribution in [1.82, 2.24) is 0 Å². The quantitative estimate of drug-likeness (QED) is 0.715. The lowest BCUT2D eigenvalue weighted by atomic mass is 10.2. The van der Waals surface area contributed by atoms with Crippen LogP contribution in [0.5, 0.6) is 5.75 Å². The van der Waals surface area contributed by atoms with Crippen LogP contribution in [-0.2, 0) is 0 Å². The van der Waals surface area contributed by atoms with E-state index in [1.54, 1.807) is 0 Å². The van der Waals surface area contributed by atoms with Gasteiger partial charge in [-0.25, -0.2) is 4.39 Å². The zero-order chi connectivity index (χ0) is 11.1. The number of alkyl halides is 2. The average Bonchev–Trinajstić information content (AvgIpc) is 2.16. The second-order valence-corrected chi connectivity index (χ2v) is 2.27. The van der Waals surface area contributed by atoms with E-state index in [0.717, 1.165) is 6.07 Å². The molecule has 4 heteroatoms. The van der Waals surface area contributed by atoms with Crippen LogP contribution in [0.3, 0.4) is 0 Å². The third-order valence-corrected chi connectivity index (χ3v) is 1.37. The molecule has 0 aliphatic carbocycles. The molecule has 1 nitrogen and oxygen atoms in total. The van der Waals surface area contributed by atoms with Crippen molar-refractivity contribution in [1.29, 1.82) is 0 Å². The van der Waals surface area contributed by atoms with E-state index in [0.29, 0.717) is 0 Å². The normalized spacial score (nSPS) is 9.36. The first kappa shape index (κ1) is 12.8. The van der Waals surface area contributed by atoms with Gasteiger partial charge in [0.25, 0.3) is 0 Å². The van der Waals surface area contributed by atoms with Gasteiger partial charge in [0.1, 0.15) is 0 Å². The summed E-state index contributed by atoms with van der Waals surface area (Å²) in [5.74, 6) is -1.15. The fourth-order valence-corrected chi connectivity index (χ4v) is 0.807. The van der Waals surface area contributed by atoms with Crippen molar-refractivity contribution in [2.75, 3.05) is 0 Å². The largest absolute Gasteiger partial charge is 0.432 e. The van der Waals surface area contributed by atoms with Crippen LogP contribution in [0, 0.1) is 12.7 Å². The molecule has 0 aromatic heterocycles. The molecule has 80 valence electrons. The average molecular weight is 206 g/mol. The van der Waals surface area contributed by atoms with Crippen LogP contribution < -0.4 is 4.74 Å². The van der Waals surface area contributed by atoms with E-state index in [1.807, 2.05) is 13.8 Å². The van der Waals surface area contributed by atoms with Crippen molar-refractivity contribution in [3.05, 3.63) is 29.6 Å². The molecular formula is C10H13F3O. The van der Waals surface area contributed by atoms with Gasteiger partial charge in [0.2, 0.25) is 0 Å². The summed E-state index contributed by atoms with van der Waals surface area (Å²) in [5.41, 5.74) is 0.285. The van der Waals surface area contributed by atoms with Crippen molar-refractivity contribution in [3.8, 4) is 5.75 Å². The first-order valence-corrected chi connectivity index (χ1v) is 4.31. The standard InChI is InChI=1S/C8H7F3O.C2H6/c1-5-3-2-4-6(7(5)9)12-8(10)11;1-2/h2-4,8H,1H3;1-2H3. The lowest BCUT2D eigenvalue weighted by Gasteiger charge is -2.06. The van der Waals surface area contributed by atoms with E-state index >= 15 is 0 Å². The van der Waals surface area contributed by atoms with Crippen molar-refractivity contribution in [2.45, 2.75) is 27.4 Å². The minimum absolute atomic E-state index is 0.285. The topological polar surface area (TPSA) is 9.23 Å². The van der Waals surface area contributed by atoms with Crippen LogP contribution >= 0.6 is 0 Å². The Morgan fingerprint density at radius 2 is 1.79 bits per heavy atom. The van der Waals surface area contributed by atoms with Gasteiger partial charge in [-0.15, -0.1) is 0 Å². The summed E-state index contributed by atoms with van der Waals surface area (Å²) in [5, 5.41) is 0. The van der Waals surface area contributed by atoms with Crippen molar-refractivity contribution < 1.29 is 17.9 Å². The minimum atomic E-state index is -2.98. The Hall–Kier alpha value is -1.19. The number of benzene rings is 1. The second-order valence-electron chi connectivity index (χ2n) is 2.27. The minimum Gasteiger partial charge on any atom is -0.432 e. The summed E-state index contributed by atoms with van der Waals surface area (Å²) in [4.78, 5) is 0. The maximum Gasteiger partial charge on any atom is 0.387 e. The Balaban J connectivity index is 0.000000791. The zero-order valence-electron chi connectivity index (χ0n) is 8.35.